The van der Waals surface area contributed by atoms with Gasteiger partial charge in [0.15, 0.2) is 5.65 Å². The van der Waals surface area contributed by atoms with Crippen molar-refractivity contribution in [3.8, 4) is 33.6 Å². The zero-order valence-electron chi connectivity index (χ0n) is 25.3. The molecular formula is C35H35FN8O. The van der Waals surface area contributed by atoms with E-state index in [2.05, 4.69) is 46.7 Å². The molecule has 1 amide bonds. The first-order chi connectivity index (χ1) is 21.9. The van der Waals surface area contributed by atoms with Gasteiger partial charge < -0.3 is 20.5 Å². The first kappa shape index (κ1) is 28.7. The zero-order valence-corrected chi connectivity index (χ0v) is 25.3. The summed E-state index contributed by atoms with van der Waals surface area (Å²) in [6.45, 7) is 1.56. The fraction of sp³-hybridized carbons (Fsp3) is 0.257. The van der Waals surface area contributed by atoms with Crippen molar-refractivity contribution in [2.75, 3.05) is 37.8 Å². The molecule has 4 heterocycles. The van der Waals surface area contributed by atoms with Crippen LogP contribution in [0.3, 0.4) is 0 Å². The Bertz CT molecular complexity index is 2010. The number of nitrogens with one attached hydrogen (secondary N) is 4. The highest BCUT2D eigenvalue weighted by Gasteiger charge is 2.23. The van der Waals surface area contributed by atoms with Gasteiger partial charge in [-0.15, -0.1) is 0 Å². The van der Waals surface area contributed by atoms with Gasteiger partial charge in [-0.3, -0.25) is 14.9 Å². The molecule has 0 radical (unpaired) electrons. The number of halogens is 1. The van der Waals surface area contributed by atoms with Crippen LogP contribution < -0.4 is 10.6 Å². The van der Waals surface area contributed by atoms with Gasteiger partial charge in [0.05, 0.1) is 17.6 Å². The van der Waals surface area contributed by atoms with E-state index >= 15 is 0 Å². The van der Waals surface area contributed by atoms with Crippen LogP contribution in [0.25, 0.3) is 55.6 Å². The number of amides is 1. The smallest absolute Gasteiger partial charge is 0.227 e. The monoisotopic (exact) mass is 602 g/mol. The lowest BCUT2D eigenvalue weighted by Crippen LogP contribution is -2.20. The van der Waals surface area contributed by atoms with Gasteiger partial charge in [-0.2, -0.15) is 5.10 Å². The van der Waals surface area contributed by atoms with Crippen LogP contribution >= 0.6 is 0 Å². The maximum Gasteiger partial charge on any atom is 0.227 e. The van der Waals surface area contributed by atoms with Crippen molar-refractivity contribution in [1.29, 1.82) is 0 Å². The van der Waals surface area contributed by atoms with Crippen molar-refractivity contribution in [2.24, 2.45) is 5.92 Å². The lowest BCUT2D eigenvalue weighted by atomic mass is 10.0. The SMILES string of the molecule is CN(C)CCNc1cc(F)cc(-c2cccc3[nH]c(-c4n[nH]c5ncc(-c6cncc(NC(=O)C7CCCC7)c6)cc45)cc23)c1. The second-order valence-corrected chi connectivity index (χ2v) is 12.0. The molecule has 10 heteroatoms. The number of benzene rings is 2. The number of carbonyl (C=O) groups excluding carboxylic acids is 1. The number of aromatic nitrogens is 5. The van der Waals surface area contributed by atoms with Crippen molar-refractivity contribution < 1.29 is 9.18 Å². The summed E-state index contributed by atoms with van der Waals surface area (Å²) in [6.07, 6.45) is 9.31. The predicted molar refractivity (Wildman–Crippen MR) is 177 cm³/mol. The maximum absolute atomic E-state index is 14.7. The van der Waals surface area contributed by atoms with Gasteiger partial charge in [0, 0.05) is 64.5 Å². The van der Waals surface area contributed by atoms with E-state index in [-0.39, 0.29) is 17.6 Å². The van der Waals surface area contributed by atoms with E-state index in [1.807, 2.05) is 50.5 Å². The molecule has 1 fully saturated rings. The number of hydrogen-bond donors (Lipinski definition) is 4. The van der Waals surface area contributed by atoms with Crippen LogP contribution in [-0.2, 0) is 4.79 Å². The Hall–Kier alpha value is -5.09. The molecule has 6 aromatic rings. The Kier molecular flexibility index (Phi) is 7.72. The molecular weight excluding hydrogens is 567 g/mol. The van der Waals surface area contributed by atoms with Crippen LogP contribution in [-0.4, -0.2) is 63.1 Å². The minimum Gasteiger partial charge on any atom is -0.384 e. The average Bonchev–Trinajstić information content (AvgIpc) is 3.80. The van der Waals surface area contributed by atoms with Crippen molar-refractivity contribution in [2.45, 2.75) is 25.7 Å². The topological polar surface area (TPSA) is 115 Å². The first-order valence-electron chi connectivity index (χ1n) is 15.3. The number of anilines is 2. The molecule has 0 unspecified atom stereocenters. The van der Waals surface area contributed by atoms with Crippen molar-refractivity contribution in [3.63, 3.8) is 0 Å². The Balaban J connectivity index is 1.20. The lowest BCUT2D eigenvalue weighted by molar-refractivity contribution is -0.119. The summed E-state index contributed by atoms with van der Waals surface area (Å²) in [6, 6.07) is 17.1. The van der Waals surface area contributed by atoms with E-state index < -0.39 is 0 Å². The molecule has 2 aromatic carbocycles. The third-order valence-corrected chi connectivity index (χ3v) is 8.50. The second kappa shape index (κ2) is 12.1. The van der Waals surface area contributed by atoms with Crippen LogP contribution in [0.2, 0.25) is 0 Å². The molecule has 1 saturated carbocycles. The van der Waals surface area contributed by atoms with Gasteiger partial charge in [-0.25, -0.2) is 9.37 Å². The van der Waals surface area contributed by atoms with E-state index in [9.17, 15) is 9.18 Å². The molecule has 228 valence electrons. The molecule has 1 aliphatic carbocycles. The fourth-order valence-electron chi connectivity index (χ4n) is 6.17. The van der Waals surface area contributed by atoms with E-state index in [1.54, 1.807) is 24.7 Å². The summed E-state index contributed by atoms with van der Waals surface area (Å²) in [5, 5.41) is 15.8. The minimum absolute atomic E-state index is 0.0605. The Morgan fingerprint density at radius 2 is 1.78 bits per heavy atom. The summed E-state index contributed by atoms with van der Waals surface area (Å²) in [5.74, 6) is -0.156. The third-order valence-electron chi connectivity index (χ3n) is 8.50. The molecule has 45 heavy (non-hydrogen) atoms. The summed E-state index contributed by atoms with van der Waals surface area (Å²) in [7, 11) is 4.02. The highest BCUT2D eigenvalue weighted by molar-refractivity contribution is 6.01. The molecule has 7 rings (SSSR count). The van der Waals surface area contributed by atoms with E-state index in [0.29, 0.717) is 17.9 Å². The van der Waals surface area contributed by atoms with Gasteiger partial charge in [0.2, 0.25) is 5.91 Å². The van der Waals surface area contributed by atoms with E-state index in [1.165, 1.54) is 6.07 Å². The molecule has 4 N–H and O–H groups in total. The van der Waals surface area contributed by atoms with Crippen molar-refractivity contribution in [1.82, 2.24) is 30.0 Å². The number of rotatable bonds is 9. The van der Waals surface area contributed by atoms with E-state index in [4.69, 9.17) is 0 Å². The second-order valence-electron chi connectivity index (χ2n) is 12.0. The number of H-pyrrole nitrogens is 2. The van der Waals surface area contributed by atoms with Crippen LogP contribution in [0.4, 0.5) is 15.8 Å². The number of likely N-dealkylation sites (N-methyl/N-ethyl adjacent to an activating group) is 1. The number of pyridine rings is 2. The predicted octanol–water partition coefficient (Wildman–Crippen LogP) is 7.08. The number of fused-ring (bicyclic) bond motifs is 2. The third kappa shape index (κ3) is 6.01. The van der Waals surface area contributed by atoms with Crippen molar-refractivity contribution in [3.05, 3.63) is 79.0 Å². The van der Waals surface area contributed by atoms with Crippen LogP contribution in [0.15, 0.2) is 73.2 Å². The zero-order chi connectivity index (χ0) is 30.9. The lowest BCUT2D eigenvalue weighted by Gasteiger charge is -2.13. The molecule has 0 bridgehead atoms. The quantitative estimate of drug-likeness (QED) is 0.141. The Labute approximate surface area is 260 Å². The van der Waals surface area contributed by atoms with Gasteiger partial charge >= 0.3 is 0 Å². The first-order valence-corrected chi connectivity index (χ1v) is 15.3. The van der Waals surface area contributed by atoms with Crippen LogP contribution in [0.1, 0.15) is 25.7 Å². The summed E-state index contributed by atoms with van der Waals surface area (Å²) in [4.78, 5) is 27.3. The molecule has 0 atom stereocenters. The van der Waals surface area contributed by atoms with Gasteiger partial charge in [-0.1, -0.05) is 25.0 Å². The molecule has 0 aliphatic heterocycles. The van der Waals surface area contributed by atoms with Crippen LogP contribution in [0.5, 0.6) is 0 Å². The van der Waals surface area contributed by atoms with Crippen LogP contribution in [0, 0.1) is 11.7 Å². The molecule has 0 saturated heterocycles. The largest absolute Gasteiger partial charge is 0.384 e. The average molecular weight is 603 g/mol. The van der Waals surface area contributed by atoms with E-state index in [0.717, 1.165) is 87.8 Å². The van der Waals surface area contributed by atoms with Crippen molar-refractivity contribution >= 4 is 39.2 Å². The number of carbonyl (C=O) groups is 1. The molecule has 1 aliphatic rings. The minimum atomic E-state index is -0.291. The highest BCUT2D eigenvalue weighted by atomic mass is 19.1. The summed E-state index contributed by atoms with van der Waals surface area (Å²) in [5.41, 5.74) is 7.97. The maximum atomic E-state index is 14.7. The molecule has 9 nitrogen and oxygen atoms in total. The van der Waals surface area contributed by atoms with Gasteiger partial charge in [0.25, 0.3) is 0 Å². The Morgan fingerprint density at radius 1 is 0.956 bits per heavy atom. The number of aromatic amines is 2. The number of hydrogen-bond acceptors (Lipinski definition) is 6. The normalized spacial score (nSPS) is 13.7. The van der Waals surface area contributed by atoms with Gasteiger partial charge in [-0.05, 0) is 80.5 Å². The standard InChI is InChI=1S/C35H35FN8O/c1-44(2)11-10-38-26-13-22(12-25(36)16-26)28-8-5-9-31-29(28)17-32(41-31)33-30-15-24(19-39-34(30)43-42-33)23-14-27(20-37-18-23)40-35(45)21-6-3-4-7-21/h5,8-9,12-21,38,41H,3-4,6-7,10-11H2,1-2H3,(H,40,45)(H,39,42,43). The van der Waals surface area contributed by atoms with Gasteiger partial charge in [0.1, 0.15) is 11.5 Å². The summed E-state index contributed by atoms with van der Waals surface area (Å²) < 4.78 is 14.7. The Morgan fingerprint density at radius 3 is 2.62 bits per heavy atom. The summed E-state index contributed by atoms with van der Waals surface area (Å²) >= 11 is 0. The fourth-order valence-corrected chi connectivity index (χ4v) is 6.17. The molecule has 4 aromatic heterocycles. The highest BCUT2D eigenvalue weighted by Crippen LogP contribution is 2.36. The number of nitrogens with zero attached hydrogens (tertiary/aromatic N) is 4. The molecule has 0 spiro atoms.